The van der Waals surface area contributed by atoms with E-state index in [0.29, 0.717) is 0 Å². The number of aromatic nitrogens is 1. The van der Waals surface area contributed by atoms with E-state index >= 15 is 0 Å². The maximum absolute atomic E-state index is 13.1. The van der Waals surface area contributed by atoms with Crippen molar-refractivity contribution in [1.82, 2.24) is 10.3 Å². The summed E-state index contributed by atoms with van der Waals surface area (Å²) < 4.78 is 13.1. The molecule has 18 heavy (non-hydrogen) atoms. The quantitative estimate of drug-likeness (QED) is 0.837. The highest BCUT2D eigenvalue weighted by atomic mass is 32.1. The minimum absolute atomic E-state index is 0.137. The molecule has 1 aromatic heterocycles. The Bertz CT molecular complexity index is 556. The molecule has 1 unspecified atom stereocenters. The normalized spacial score (nSPS) is 12.1. The maximum atomic E-state index is 13.1. The Morgan fingerprint density at radius 1 is 1.56 bits per heavy atom. The molecule has 1 aromatic carbocycles. The highest BCUT2D eigenvalue weighted by Gasteiger charge is 2.15. The van der Waals surface area contributed by atoms with Crippen LogP contribution in [0.15, 0.2) is 29.8 Å². The van der Waals surface area contributed by atoms with Crippen LogP contribution in [0.1, 0.15) is 28.3 Å². The number of nitrogens with zero attached hydrogens (tertiary/aromatic N) is 1. The van der Waals surface area contributed by atoms with Crippen LogP contribution in [0.25, 0.3) is 0 Å². The number of amides is 1. The fourth-order valence-corrected chi connectivity index (χ4v) is 2.16. The van der Waals surface area contributed by atoms with Crippen LogP contribution < -0.4 is 11.1 Å². The molecule has 3 N–H and O–H groups in total. The van der Waals surface area contributed by atoms with E-state index in [1.54, 1.807) is 6.20 Å². The first-order valence-corrected chi connectivity index (χ1v) is 6.21. The number of thiazole rings is 1. The van der Waals surface area contributed by atoms with Gasteiger partial charge in [0.15, 0.2) is 0 Å². The summed E-state index contributed by atoms with van der Waals surface area (Å²) in [5.74, 6) is -0.897. The number of benzene rings is 1. The largest absolute Gasteiger partial charge is 0.398 e. The monoisotopic (exact) mass is 265 g/mol. The molecule has 0 saturated heterocycles. The molecule has 0 saturated carbocycles. The zero-order chi connectivity index (χ0) is 13.1. The van der Waals surface area contributed by atoms with Gasteiger partial charge in [0.1, 0.15) is 10.8 Å². The number of carbonyl (C=O) groups is 1. The molecule has 0 aliphatic heterocycles. The Kier molecular flexibility index (Phi) is 3.57. The highest BCUT2D eigenvalue weighted by Crippen LogP contribution is 2.18. The second kappa shape index (κ2) is 5.14. The van der Waals surface area contributed by atoms with Crippen LogP contribution in [0.3, 0.4) is 0 Å². The third-order valence-corrected chi connectivity index (χ3v) is 3.39. The van der Waals surface area contributed by atoms with E-state index in [0.717, 1.165) is 11.1 Å². The van der Waals surface area contributed by atoms with Gasteiger partial charge in [0, 0.05) is 17.3 Å². The SMILES string of the molecule is CC(NC(=O)c1cc(F)ccc1N)c1nccs1. The summed E-state index contributed by atoms with van der Waals surface area (Å²) in [6, 6.07) is 3.48. The molecule has 4 nitrogen and oxygen atoms in total. The molecular formula is C12H12FN3OS. The minimum atomic E-state index is -0.490. The Morgan fingerprint density at radius 3 is 3.00 bits per heavy atom. The number of nitrogens with one attached hydrogen (secondary N) is 1. The summed E-state index contributed by atoms with van der Waals surface area (Å²) in [6.45, 7) is 1.81. The van der Waals surface area contributed by atoms with Crippen molar-refractivity contribution in [3.8, 4) is 0 Å². The van der Waals surface area contributed by atoms with Crippen molar-refractivity contribution in [2.45, 2.75) is 13.0 Å². The number of hydrogen-bond acceptors (Lipinski definition) is 4. The van der Waals surface area contributed by atoms with E-state index in [2.05, 4.69) is 10.3 Å². The van der Waals surface area contributed by atoms with Crippen molar-refractivity contribution in [1.29, 1.82) is 0 Å². The average Bonchev–Trinajstić information content (AvgIpc) is 2.85. The number of halogens is 1. The fraction of sp³-hybridized carbons (Fsp3) is 0.167. The van der Waals surface area contributed by atoms with Crippen LogP contribution in [-0.4, -0.2) is 10.9 Å². The van der Waals surface area contributed by atoms with E-state index in [4.69, 9.17) is 5.73 Å². The summed E-state index contributed by atoms with van der Waals surface area (Å²) in [6.07, 6.45) is 1.67. The minimum Gasteiger partial charge on any atom is -0.398 e. The number of nitrogen functional groups attached to an aromatic ring is 1. The first kappa shape index (κ1) is 12.5. The molecule has 0 spiro atoms. The highest BCUT2D eigenvalue weighted by molar-refractivity contribution is 7.09. The molecule has 1 atom stereocenters. The molecule has 0 radical (unpaired) electrons. The third-order valence-electron chi connectivity index (χ3n) is 2.43. The number of nitrogens with two attached hydrogens (primary N) is 1. The van der Waals surface area contributed by atoms with Crippen molar-refractivity contribution < 1.29 is 9.18 Å². The molecule has 0 aliphatic rings. The predicted molar refractivity (Wildman–Crippen MR) is 68.8 cm³/mol. The van der Waals surface area contributed by atoms with Gasteiger partial charge >= 0.3 is 0 Å². The Balaban J connectivity index is 2.15. The Labute approximate surface area is 108 Å². The van der Waals surface area contributed by atoms with Gasteiger partial charge in [0.2, 0.25) is 0 Å². The molecule has 6 heteroatoms. The van der Waals surface area contributed by atoms with Gasteiger partial charge in [-0.05, 0) is 25.1 Å². The molecule has 2 rings (SSSR count). The summed E-state index contributed by atoms with van der Waals surface area (Å²) in [4.78, 5) is 16.0. The average molecular weight is 265 g/mol. The van der Waals surface area contributed by atoms with Gasteiger partial charge in [0.25, 0.3) is 5.91 Å². The molecular weight excluding hydrogens is 253 g/mol. The van der Waals surface area contributed by atoms with Gasteiger partial charge in [-0.1, -0.05) is 0 Å². The Morgan fingerprint density at radius 2 is 2.33 bits per heavy atom. The van der Waals surface area contributed by atoms with E-state index < -0.39 is 11.7 Å². The fourth-order valence-electron chi connectivity index (χ4n) is 1.51. The lowest BCUT2D eigenvalue weighted by molar-refractivity contribution is 0.0940. The smallest absolute Gasteiger partial charge is 0.254 e. The topological polar surface area (TPSA) is 68.0 Å². The second-order valence-corrected chi connectivity index (χ2v) is 4.72. The molecule has 0 fully saturated rings. The lowest BCUT2D eigenvalue weighted by Gasteiger charge is -2.12. The Hall–Kier alpha value is -1.95. The van der Waals surface area contributed by atoms with Crippen molar-refractivity contribution in [3.05, 3.63) is 46.2 Å². The zero-order valence-electron chi connectivity index (χ0n) is 9.68. The van der Waals surface area contributed by atoms with Crippen molar-refractivity contribution in [3.63, 3.8) is 0 Å². The molecule has 1 heterocycles. The summed E-state index contributed by atoms with van der Waals surface area (Å²) in [7, 11) is 0. The van der Waals surface area contributed by atoms with E-state index in [1.165, 1.54) is 23.5 Å². The molecule has 0 aliphatic carbocycles. The van der Waals surface area contributed by atoms with Gasteiger partial charge in [-0.25, -0.2) is 9.37 Å². The van der Waals surface area contributed by atoms with Gasteiger partial charge in [-0.2, -0.15) is 0 Å². The second-order valence-electron chi connectivity index (χ2n) is 3.80. The van der Waals surface area contributed by atoms with Gasteiger partial charge < -0.3 is 11.1 Å². The van der Waals surface area contributed by atoms with Crippen LogP contribution >= 0.6 is 11.3 Å². The summed E-state index contributed by atoms with van der Waals surface area (Å²) in [5, 5.41) is 5.35. The number of carbonyl (C=O) groups excluding carboxylic acids is 1. The number of anilines is 1. The van der Waals surface area contributed by atoms with Crippen molar-refractivity contribution >= 4 is 22.9 Å². The lowest BCUT2D eigenvalue weighted by atomic mass is 10.1. The van der Waals surface area contributed by atoms with Crippen LogP contribution in [0.5, 0.6) is 0 Å². The molecule has 0 bridgehead atoms. The standard InChI is InChI=1S/C12H12FN3OS/c1-7(12-15-4-5-18-12)16-11(17)9-6-8(13)2-3-10(9)14/h2-7H,14H2,1H3,(H,16,17). The van der Waals surface area contributed by atoms with E-state index in [1.807, 2.05) is 12.3 Å². The molecule has 2 aromatic rings. The van der Waals surface area contributed by atoms with Crippen molar-refractivity contribution in [2.75, 3.05) is 5.73 Å². The van der Waals surface area contributed by atoms with Gasteiger partial charge in [0.05, 0.1) is 11.6 Å². The summed E-state index contributed by atoms with van der Waals surface area (Å²) in [5.41, 5.74) is 6.03. The predicted octanol–water partition coefficient (Wildman–Crippen LogP) is 2.36. The third kappa shape index (κ3) is 2.65. The van der Waals surface area contributed by atoms with Gasteiger partial charge in [-0.15, -0.1) is 11.3 Å². The molecule has 1 amide bonds. The maximum Gasteiger partial charge on any atom is 0.254 e. The van der Waals surface area contributed by atoms with Crippen LogP contribution in [0.4, 0.5) is 10.1 Å². The van der Waals surface area contributed by atoms with Gasteiger partial charge in [-0.3, -0.25) is 4.79 Å². The van der Waals surface area contributed by atoms with Crippen LogP contribution in [0.2, 0.25) is 0 Å². The van der Waals surface area contributed by atoms with Crippen LogP contribution in [-0.2, 0) is 0 Å². The van der Waals surface area contributed by atoms with E-state index in [-0.39, 0.29) is 17.3 Å². The zero-order valence-corrected chi connectivity index (χ0v) is 10.5. The summed E-state index contributed by atoms with van der Waals surface area (Å²) >= 11 is 1.44. The first-order valence-electron chi connectivity index (χ1n) is 5.33. The molecule has 94 valence electrons. The van der Waals surface area contributed by atoms with Crippen molar-refractivity contribution in [2.24, 2.45) is 0 Å². The number of rotatable bonds is 3. The first-order chi connectivity index (χ1) is 8.58. The van der Waals surface area contributed by atoms with E-state index in [9.17, 15) is 9.18 Å². The van der Waals surface area contributed by atoms with Crippen LogP contribution in [0, 0.1) is 5.82 Å². The lowest BCUT2D eigenvalue weighted by Crippen LogP contribution is -2.27. The number of hydrogen-bond donors (Lipinski definition) is 2.